The number of nitriles is 1. The van der Waals surface area contributed by atoms with Crippen LogP contribution in [0.2, 0.25) is 0 Å². The molecule has 1 N–H and O–H groups in total. The van der Waals surface area contributed by atoms with Crippen LogP contribution in [-0.2, 0) is 0 Å². The fraction of sp³-hybridized carbons (Fsp3) is 0.167. The van der Waals surface area contributed by atoms with Gasteiger partial charge in [0.2, 0.25) is 0 Å². The second kappa shape index (κ2) is 10.5. The third-order valence-corrected chi connectivity index (χ3v) is 4.11. The molecule has 0 spiro atoms. The Kier molecular flexibility index (Phi) is 7.28. The molecule has 0 aliphatic carbocycles. The number of benzene rings is 3. The first-order valence-electron chi connectivity index (χ1n) is 9.58. The highest BCUT2D eigenvalue weighted by atomic mass is 16.5. The summed E-state index contributed by atoms with van der Waals surface area (Å²) in [5.74, 6) is 1.50. The summed E-state index contributed by atoms with van der Waals surface area (Å²) in [5, 5.41) is 11.8. The smallest absolute Gasteiger partial charge is 0.255 e. The van der Waals surface area contributed by atoms with E-state index < -0.39 is 0 Å². The molecule has 0 aliphatic heterocycles. The molecule has 6 heteroatoms. The van der Waals surface area contributed by atoms with Crippen LogP contribution in [-0.4, -0.2) is 25.7 Å². The predicted octanol–water partition coefficient (Wildman–Crippen LogP) is 4.67. The van der Waals surface area contributed by atoms with Gasteiger partial charge in [0.05, 0.1) is 18.2 Å². The van der Waals surface area contributed by atoms with E-state index in [1.807, 2.05) is 37.3 Å². The Labute approximate surface area is 175 Å². The number of carbonyl (C=O) groups excluding carboxylic acids is 1. The molecular formula is C24H22N2O4. The van der Waals surface area contributed by atoms with Crippen LogP contribution in [0.4, 0.5) is 5.69 Å². The minimum absolute atomic E-state index is 0.301. The van der Waals surface area contributed by atoms with Gasteiger partial charge in [-0.15, -0.1) is 0 Å². The molecule has 3 aromatic carbocycles. The van der Waals surface area contributed by atoms with Gasteiger partial charge in [-0.1, -0.05) is 24.3 Å². The summed E-state index contributed by atoms with van der Waals surface area (Å²) < 4.78 is 17.0. The maximum atomic E-state index is 12.6. The maximum Gasteiger partial charge on any atom is 0.255 e. The quantitative estimate of drug-likeness (QED) is 0.526. The number of nitrogens with one attached hydrogen (secondary N) is 1. The van der Waals surface area contributed by atoms with Crippen LogP contribution in [0.1, 0.15) is 22.8 Å². The number of carbonyl (C=O) groups is 1. The van der Waals surface area contributed by atoms with E-state index >= 15 is 0 Å². The molecular weight excluding hydrogens is 380 g/mol. The van der Waals surface area contributed by atoms with E-state index in [9.17, 15) is 4.79 Å². The minimum Gasteiger partial charge on any atom is -0.490 e. The standard InChI is InChI=1S/C24H22N2O4/c1-2-28-23-16-19(24(27)26-20-8-6-7-18(15-20)17-25)11-12-22(23)30-14-13-29-21-9-4-3-5-10-21/h3-12,15-16H,2,13-14H2,1H3,(H,26,27). The second-order valence-corrected chi connectivity index (χ2v) is 6.25. The Morgan fingerprint density at radius 1 is 0.900 bits per heavy atom. The van der Waals surface area contributed by atoms with Gasteiger partial charge in [-0.05, 0) is 55.5 Å². The highest BCUT2D eigenvalue weighted by Gasteiger charge is 2.12. The molecule has 0 unspecified atom stereocenters. The normalized spacial score (nSPS) is 10.0. The lowest BCUT2D eigenvalue weighted by atomic mass is 10.1. The number of para-hydroxylation sites is 1. The van der Waals surface area contributed by atoms with Crippen LogP contribution in [0.5, 0.6) is 17.2 Å². The molecule has 3 rings (SSSR count). The first-order chi connectivity index (χ1) is 14.7. The lowest BCUT2D eigenvalue weighted by molar-refractivity contribution is 0.102. The fourth-order valence-corrected chi connectivity index (χ4v) is 2.73. The van der Waals surface area contributed by atoms with Gasteiger partial charge >= 0.3 is 0 Å². The topological polar surface area (TPSA) is 80.6 Å². The zero-order valence-corrected chi connectivity index (χ0v) is 16.6. The number of ether oxygens (including phenoxy) is 3. The molecule has 30 heavy (non-hydrogen) atoms. The molecule has 0 saturated heterocycles. The molecule has 152 valence electrons. The highest BCUT2D eigenvalue weighted by Crippen LogP contribution is 2.29. The van der Waals surface area contributed by atoms with Crippen molar-refractivity contribution in [2.75, 3.05) is 25.1 Å². The zero-order chi connectivity index (χ0) is 21.2. The first kappa shape index (κ1) is 20.7. The van der Waals surface area contributed by atoms with Gasteiger partial charge in [0, 0.05) is 11.3 Å². The number of hydrogen-bond acceptors (Lipinski definition) is 5. The van der Waals surface area contributed by atoms with Crippen molar-refractivity contribution in [2.45, 2.75) is 6.92 Å². The van der Waals surface area contributed by atoms with E-state index in [0.29, 0.717) is 48.1 Å². The van der Waals surface area contributed by atoms with Crippen molar-refractivity contribution < 1.29 is 19.0 Å². The molecule has 1 amide bonds. The molecule has 0 atom stereocenters. The number of nitrogens with zero attached hydrogens (tertiary/aromatic N) is 1. The average Bonchev–Trinajstić information content (AvgIpc) is 2.78. The summed E-state index contributed by atoms with van der Waals surface area (Å²) in [6.45, 7) is 3.02. The molecule has 0 fully saturated rings. The third kappa shape index (κ3) is 5.76. The first-order valence-corrected chi connectivity index (χ1v) is 9.58. The van der Waals surface area contributed by atoms with Crippen molar-refractivity contribution in [1.29, 1.82) is 5.26 Å². The van der Waals surface area contributed by atoms with Gasteiger partial charge in [-0.3, -0.25) is 4.79 Å². The summed E-state index contributed by atoms with van der Waals surface area (Å²) in [7, 11) is 0. The summed E-state index contributed by atoms with van der Waals surface area (Å²) in [4.78, 5) is 12.6. The van der Waals surface area contributed by atoms with Crippen molar-refractivity contribution in [2.24, 2.45) is 0 Å². The highest BCUT2D eigenvalue weighted by molar-refractivity contribution is 6.04. The fourth-order valence-electron chi connectivity index (χ4n) is 2.73. The summed E-state index contributed by atoms with van der Waals surface area (Å²) in [5.41, 5.74) is 1.45. The van der Waals surface area contributed by atoms with Crippen LogP contribution < -0.4 is 19.5 Å². The predicted molar refractivity (Wildman–Crippen MR) is 114 cm³/mol. The molecule has 0 saturated carbocycles. The number of rotatable bonds is 9. The van der Waals surface area contributed by atoms with E-state index in [1.54, 1.807) is 42.5 Å². The Morgan fingerprint density at radius 3 is 2.47 bits per heavy atom. The molecule has 0 radical (unpaired) electrons. The van der Waals surface area contributed by atoms with Gasteiger partial charge in [-0.25, -0.2) is 0 Å². The van der Waals surface area contributed by atoms with Crippen molar-refractivity contribution in [3.63, 3.8) is 0 Å². The summed E-state index contributed by atoms with van der Waals surface area (Å²) >= 11 is 0. The van der Waals surface area contributed by atoms with Gasteiger partial charge < -0.3 is 19.5 Å². The maximum absolute atomic E-state index is 12.6. The van der Waals surface area contributed by atoms with E-state index in [4.69, 9.17) is 19.5 Å². The monoisotopic (exact) mass is 402 g/mol. The molecule has 6 nitrogen and oxygen atoms in total. The molecule has 0 aliphatic rings. The minimum atomic E-state index is -0.301. The van der Waals surface area contributed by atoms with Crippen molar-refractivity contribution >= 4 is 11.6 Å². The Hall–Kier alpha value is -3.98. The molecule has 0 aromatic heterocycles. The SMILES string of the molecule is CCOc1cc(C(=O)Nc2cccc(C#N)c2)ccc1OCCOc1ccccc1. The van der Waals surface area contributed by atoms with E-state index in [-0.39, 0.29) is 5.91 Å². The van der Waals surface area contributed by atoms with E-state index in [0.717, 1.165) is 5.75 Å². The lowest BCUT2D eigenvalue weighted by Crippen LogP contribution is -2.13. The van der Waals surface area contributed by atoms with Gasteiger partial charge in [0.25, 0.3) is 5.91 Å². The molecule has 0 bridgehead atoms. The number of anilines is 1. The van der Waals surface area contributed by atoms with Crippen LogP contribution in [0.25, 0.3) is 0 Å². The zero-order valence-electron chi connectivity index (χ0n) is 16.6. The van der Waals surface area contributed by atoms with E-state index in [2.05, 4.69) is 11.4 Å². The number of amides is 1. The summed E-state index contributed by atoms with van der Waals surface area (Å²) in [6, 6.07) is 23.3. The molecule has 3 aromatic rings. The van der Waals surface area contributed by atoms with Crippen LogP contribution >= 0.6 is 0 Å². The third-order valence-electron chi connectivity index (χ3n) is 4.11. The lowest BCUT2D eigenvalue weighted by Gasteiger charge is -2.14. The van der Waals surface area contributed by atoms with Gasteiger partial charge in [0.1, 0.15) is 19.0 Å². The Morgan fingerprint density at radius 2 is 1.70 bits per heavy atom. The van der Waals surface area contributed by atoms with Crippen molar-refractivity contribution in [3.05, 3.63) is 83.9 Å². The Bertz CT molecular complexity index is 1030. The van der Waals surface area contributed by atoms with Crippen molar-refractivity contribution in [1.82, 2.24) is 0 Å². The number of hydrogen-bond donors (Lipinski definition) is 1. The van der Waals surface area contributed by atoms with Crippen LogP contribution in [0, 0.1) is 11.3 Å². The summed E-state index contributed by atoms with van der Waals surface area (Å²) in [6.07, 6.45) is 0. The Balaban J connectivity index is 1.63. The van der Waals surface area contributed by atoms with Crippen LogP contribution in [0.3, 0.4) is 0 Å². The molecule has 0 heterocycles. The average molecular weight is 402 g/mol. The van der Waals surface area contributed by atoms with Gasteiger partial charge in [-0.2, -0.15) is 5.26 Å². The van der Waals surface area contributed by atoms with Crippen molar-refractivity contribution in [3.8, 4) is 23.3 Å². The van der Waals surface area contributed by atoms with Crippen LogP contribution in [0.15, 0.2) is 72.8 Å². The van der Waals surface area contributed by atoms with Gasteiger partial charge in [0.15, 0.2) is 11.5 Å². The second-order valence-electron chi connectivity index (χ2n) is 6.25. The largest absolute Gasteiger partial charge is 0.490 e. The van der Waals surface area contributed by atoms with E-state index in [1.165, 1.54) is 0 Å².